The fourth-order valence-corrected chi connectivity index (χ4v) is 3.34. The minimum absolute atomic E-state index is 0.158. The van der Waals surface area contributed by atoms with Gasteiger partial charge in [-0.2, -0.15) is 13.2 Å². The summed E-state index contributed by atoms with van der Waals surface area (Å²) in [6.07, 6.45) is -4.57. The molecule has 0 bridgehead atoms. The number of fused-ring (bicyclic) bond motifs is 1. The summed E-state index contributed by atoms with van der Waals surface area (Å²) < 4.78 is 35.8. The molecule has 1 aromatic rings. The number of halogens is 3. The zero-order valence-electron chi connectivity index (χ0n) is 9.96. The molecule has 18 heavy (non-hydrogen) atoms. The first-order chi connectivity index (χ1) is 8.56. The van der Waals surface area contributed by atoms with Crippen LogP contribution in [0.25, 0.3) is 0 Å². The Morgan fingerprint density at radius 2 is 2.06 bits per heavy atom. The van der Waals surface area contributed by atoms with Crippen LogP contribution < -0.4 is 5.32 Å². The van der Waals surface area contributed by atoms with Crippen molar-refractivity contribution in [2.45, 2.75) is 29.8 Å². The normalized spacial score (nSPS) is 18.9. The van der Waals surface area contributed by atoms with Crippen LogP contribution in [0.4, 0.5) is 13.2 Å². The summed E-state index contributed by atoms with van der Waals surface area (Å²) >= 11 is 1.82. The van der Waals surface area contributed by atoms with Crippen LogP contribution in [0.3, 0.4) is 0 Å². The van der Waals surface area contributed by atoms with Crippen LogP contribution in [0.1, 0.15) is 24.3 Å². The molecule has 100 valence electrons. The molecule has 0 aliphatic carbocycles. The van der Waals surface area contributed by atoms with Gasteiger partial charge in [0, 0.05) is 29.5 Å². The third-order valence-electron chi connectivity index (χ3n) is 3.00. The minimum Gasteiger partial charge on any atom is -0.316 e. The Hall–Kier alpha value is -0.680. The van der Waals surface area contributed by atoms with Gasteiger partial charge >= 0.3 is 6.18 Å². The van der Waals surface area contributed by atoms with Crippen molar-refractivity contribution in [3.8, 4) is 0 Å². The van der Waals surface area contributed by atoms with Gasteiger partial charge in [0.1, 0.15) is 0 Å². The predicted octanol–water partition coefficient (Wildman–Crippen LogP) is 3.81. The van der Waals surface area contributed by atoms with Gasteiger partial charge < -0.3 is 5.32 Å². The lowest BCUT2D eigenvalue weighted by Gasteiger charge is -2.12. The summed E-state index contributed by atoms with van der Waals surface area (Å²) in [7, 11) is 0. The molecule has 1 heterocycles. The van der Waals surface area contributed by atoms with Crippen molar-refractivity contribution >= 4 is 11.8 Å². The van der Waals surface area contributed by atoms with E-state index in [4.69, 9.17) is 0 Å². The van der Waals surface area contributed by atoms with Crippen LogP contribution in [0.15, 0.2) is 29.2 Å². The second-order valence-electron chi connectivity index (χ2n) is 4.47. The van der Waals surface area contributed by atoms with Gasteiger partial charge in [-0.25, -0.2) is 0 Å². The number of rotatable bonds is 5. The maximum Gasteiger partial charge on any atom is 0.389 e. The molecule has 0 aromatic heterocycles. The third kappa shape index (κ3) is 3.92. The molecule has 5 heteroatoms. The maximum atomic E-state index is 11.9. The minimum atomic E-state index is -4.03. The van der Waals surface area contributed by atoms with E-state index in [1.54, 1.807) is 0 Å². The van der Waals surface area contributed by atoms with Gasteiger partial charge in [-0.1, -0.05) is 18.2 Å². The first-order valence-electron chi connectivity index (χ1n) is 6.05. The van der Waals surface area contributed by atoms with Crippen molar-refractivity contribution in [1.82, 2.24) is 5.32 Å². The zero-order valence-corrected chi connectivity index (χ0v) is 10.8. The van der Waals surface area contributed by atoms with Crippen molar-refractivity contribution in [3.05, 3.63) is 29.8 Å². The number of nitrogens with one attached hydrogen (secondary N) is 1. The summed E-state index contributed by atoms with van der Waals surface area (Å²) in [4.78, 5) is 1.31. The van der Waals surface area contributed by atoms with E-state index < -0.39 is 12.6 Å². The Labute approximate surface area is 109 Å². The van der Waals surface area contributed by atoms with Crippen molar-refractivity contribution in [2.24, 2.45) is 0 Å². The van der Waals surface area contributed by atoms with E-state index in [1.807, 2.05) is 23.9 Å². The Balaban J connectivity index is 1.70. The van der Waals surface area contributed by atoms with Crippen molar-refractivity contribution in [3.63, 3.8) is 0 Å². The highest BCUT2D eigenvalue weighted by Gasteiger charge is 2.26. The maximum absolute atomic E-state index is 11.9. The Morgan fingerprint density at radius 3 is 2.83 bits per heavy atom. The average Bonchev–Trinajstić information content (AvgIpc) is 2.71. The van der Waals surface area contributed by atoms with Gasteiger partial charge in [-0.3, -0.25) is 0 Å². The second-order valence-corrected chi connectivity index (χ2v) is 5.53. The van der Waals surface area contributed by atoms with Crippen molar-refractivity contribution < 1.29 is 13.2 Å². The van der Waals surface area contributed by atoms with E-state index >= 15 is 0 Å². The van der Waals surface area contributed by atoms with E-state index in [9.17, 15) is 13.2 Å². The molecule has 0 spiro atoms. The molecule has 0 fully saturated rings. The van der Waals surface area contributed by atoms with E-state index in [1.165, 1.54) is 10.5 Å². The first-order valence-corrected chi connectivity index (χ1v) is 7.04. The molecule has 1 N–H and O–H groups in total. The number of benzene rings is 1. The van der Waals surface area contributed by atoms with Crippen LogP contribution in [-0.4, -0.2) is 25.0 Å². The highest BCUT2D eigenvalue weighted by atomic mass is 32.2. The molecular formula is C13H16F3NS. The highest BCUT2D eigenvalue weighted by molar-refractivity contribution is 7.99. The molecule has 0 saturated carbocycles. The SMILES string of the molecule is FC(F)(F)CCCNCC1CSc2ccccc21. The molecular weight excluding hydrogens is 259 g/mol. The lowest BCUT2D eigenvalue weighted by atomic mass is 10.0. The molecule has 1 nitrogen and oxygen atoms in total. The van der Waals surface area contributed by atoms with Gasteiger partial charge in [0.2, 0.25) is 0 Å². The van der Waals surface area contributed by atoms with Crippen LogP contribution in [0, 0.1) is 0 Å². The van der Waals surface area contributed by atoms with Crippen LogP contribution in [-0.2, 0) is 0 Å². The van der Waals surface area contributed by atoms with Crippen molar-refractivity contribution in [2.75, 3.05) is 18.8 Å². The first kappa shape index (κ1) is 13.7. The topological polar surface area (TPSA) is 12.0 Å². The molecule has 0 amide bonds. The molecule has 0 radical (unpaired) electrons. The molecule has 1 aromatic carbocycles. The monoisotopic (exact) mass is 275 g/mol. The van der Waals surface area contributed by atoms with Crippen LogP contribution in [0.5, 0.6) is 0 Å². The summed E-state index contributed by atoms with van der Waals surface area (Å²) in [5, 5.41) is 3.13. The van der Waals surface area contributed by atoms with E-state index in [-0.39, 0.29) is 6.42 Å². The van der Waals surface area contributed by atoms with Gasteiger partial charge in [-0.15, -0.1) is 11.8 Å². The smallest absolute Gasteiger partial charge is 0.316 e. The van der Waals surface area contributed by atoms with Gasteiger partial charge in [0.25, 0.3) is 0 Å². The zero-order chi connectivity index (χ0) is 13.0. The van der Waals surface area contributed by atoms with E-state index in [2.05, 4.69) is 17.4 Å². The summed E-state index contributed by atoms with van der Waals surface area (Å²) in [5.41, 5.74) is 1.32. The molecule has 2 rings (SSSR count). The Bertz CT molecular complexity index is 392. The van der Waals surface area contributed by atoms with Crippen molar-refractivity contribution in [1.29, 1.82) is 0 Å². The highest BCUT2D eigenvalue weighted by Crippen LogP contribution is 2.38. The fourth-order valence-electron chi connectivity index (χ4n) is 2.09. The standard InChI is InChI=1S/C13H16F3NS/c14-13(15,16)6-3-7-17-8-10-9-18-12-5-2-1-4-11(10)12/h1-2,4-5,10,17H,3,6-9H2. The quantitative estimate of drug-likeness (QED) is 0.820. The van der Waals surface area contributed by atoms with Crippen LogP contribution >= 0.6 is 11.8 Å². The Morgan fingerprint density at radius 1 is 1.28 bits per heavy atom. The lowest BCUT2D eigenvalue weighted by Crippen LogP contribution is -2.23. The molecule has 1 unspecified atom stereocenters. The molecule has 1 atom stereocenters. The second kappa shape index (κ2) is 5.97. The average molecular weight is 275 g/mol. The fraction of sp³-hybridized carbons (Fsp3) is 0.538. The summed E-state index contributed by atoms with van der Waals surface area (Å²) in [6.45, 7) is 1.20. The number of alkyl halides is 3. The number of hydrogen-bond donors (Lipinski definition) is 1. The molecule has 0 saturated heterocycles. The number of hydrogen-bond acceptors (Lipinski definition) is 2. The third-order valence-corrected chi connectivity index (χ3v) is 4.26. The van der Waals surface area contributed by atoms with Crippen LogP contribution in [0.2, 0.25) is 0 Å². The van der Waals surface area contributed by atoms with Gasteiger partial charge in [-0.05, 0) is 24.6 Å². The largest absolute Gasteiger partial charge is 0.389 e. The molecule has 1 aliphatic rings. The van der Waals surface area contributed by atoms with E-state index in [0.29, 0.717) is 12.5 Å². The number of thioether (sulfide) groups is 1. The Kier molecular flexibility index (Phi) is 4.56. The summed E-state index contributed by atoms with van der Waals surface area (Å²) in [5.74, 6) is 1.45. The van der Waals surface area contributed by atoms with Gasteiger partial charge in [0.05, 0.1) is 0 Å². The predicted molar refractivity (Wildman–Crippen MR) is 68.1 cm³/mol. The lowest BCUT2D eigenvalue weighted by molar-refractivity contribution is -0.135. The van der Waals surface area contributed by atoms with Gasteiger partial charge in [0.15, 0.2) is 0 Å². The summed E-state index contributed by atoms with van der Waals surface area (Å²) in [6, 6.07) is 8.24. The van der Waals surface area contributed by atoms with E-state index in [0.717, 1.165) is 12.3 Å². The molecule has 1 aliphatic heterocycles.